The van der Waals surface area contributed by atoms with Crippen LogP contribution in [-0.2, 0) is 6.54 Å². The molecule has 1 fully saturated rings. The third kappa shape index (κ3) is 4.13. The number of para-hydroxylation sites is 1. The van der Waals surface area contributed by atoms with Crippen LogP contribution in [0.15, 0.2) is 30.5 Å². The fourth-order valence-corrected chi connectivity index (χ4v) is 4.03. The van der Waals surface area contributed by atoms with Gasteiger partial charge in [0.05, 0.1) is 12.6 Å². The quantitative estimate of drug-likeness (QED) is 0.683. The monoisotopic (exact) mass is 328 g/mol. The molecule has 0 saturated carbocycles. The predicted octanol–water partition coefficient (Wildman–Crippen LogP) is 4.94. The van der Waals surface area contributed by atoms with Crippen LogP contribution in [0.25, 0.3) is 10.9 Å². The zero-order chi connectivity index (χ0) is 16.8. The molecule has 3 heteroatoms. The number of benzene rings is 1. The number of hydrogen-bond acceptors (Lipinski definition) is 2. The van der Waals surface area contributed by atoms with Gasteiger partial charge in [-0.15, -0.1) is 0 Å². The Bertz CT molecular complexity index is 626. The zero-order valence-electron chi connectivity index (χ0n) is 15.3. The highest BCUT2D eigenvalue weighted by atomic mass is 16.5. The topological polar surface area (TPSA) is 17.4 Å². The molecule has 1 aliphatic heterocycles. The average Bonchev–Trinajstić information content (AvgIpc) is 3.04. The van der Waals surface area contributed by atoms with Crippen LogP contribution in [0.4, 0.5) is 0 Å². The SMILES string of the molecule is CCCCC1CCN(CCCn2ccc3cccc(OC)c32)CC1. The molecule has 0 atom stereocenters. The summed E-state index contributed by atoms with van der Waals surface area (Å²) in [6.45, 7) is 7.18. The molecular weight excluding hydrogens is 296 g/mol. The number of nitrogens with zero attached hydrogens (tertiary/aromatic N) is 2. The van der Waals surface area contributed by atoms with E-state index in [-0.39, 0.29) is 0 Å². The number of methoxy groups -OCH3 is 1. The minimum atomic E-state index is 0.981. The van der Waals surface area contributed by atoms with Crippen molar-refractivity contribution in [3.63, 3.8) is 0 Å². The average molecular weight is 329 g/mol. The Kier molecular flexibility index (Phi) is 6.19. The Morgan fingerprint density at radius 2 is 1.92 bits per heavy atom. The first-order valence-corrected chi connectivity index (χ1v) is 9.66. The van der Waals surface area contributed by atoms with Crippen LogP contribution < -0.4 is 4.74 Å². The van der Waals surface area contributed by atoms with E-state index in [0.29, 0.717) is 0 Å². The summed E-state index contributed by atoms with van der Waals surface area (Å²) in [6, 6.07) is 8.47. The molecule has 2 aromatic rings. The molecule has 2 heterocycles. The third-order valence-corrected chi connectivity index (χ3v) is 5.52. The largest absolute Gasteiger partial charge is 0.495 e. The van der Waals surface area contributed by atoms with Gasteiger partial charge in [-0.3, -0.25) is 0 Å². The minimum Gasteiger partial charge on any atom is -0.495 e. The molecule has 132 valence electrons. The number of ether oxygens (including phenoxy) is 1. The van der Waals surface area contributed by atoms with Crippen LogP contribution in [0.5, 0.6) is 5.75 Å². The highest BCUT2D eigenvalue weighted by molar-refractivity contribution is 5.85. The molecule has 0 bridgehead atoms. The third-order valence-electron chi connectivity index (χ3n) is 5.52. The Labute approximate surface area is 146 Å². The number of likely N-dealkylation sites (tertiary alicyclic amines) is 1. The van der Waals surface area contributed by atoms with Gasteiger partial charge in [0, 0.05) is 18.1 Å². The summed E-state index contributed by atoms with van der Waals surface area (Å²) < 4.78 is 7.88. The number of hydrogen-bond donors (Lipinski definition) is 0. The lowest BCUT2D eigenvalue weighted by atomic mass is 9.91. The van der Waals surface area contributed by atoms with Gasteiger partial charge in [0.2, 0.25) is 0 Å². The molecule has 24 heavy (non-hydrogen) atoms. The molecule has 0 radical (unpaired) electrons. The number of unbranched alkanes of at least 4 members (excludes halogenated alkanes) is 1. The van der Waals surface area contributed by atoms with Crippen LogP contribution in [0.1, 0.15) is 45.4 Å². The van der Waals surface area contributed by atoms with Crippen molar-refractivity contribution < 1.29 is 4.74 Å². The van der Waals surface area contributed by atoms with Gasteiger partial charge < -0.3 is 14.2 Å². The fraction of sp³-hybridized carbons (Fsp3) is 0.619. The van der Waals surface area contributed by atoms with E-state index < -0.39 is 0 Å². The zero-order valence-corrected chi connectivity index (χ0v) is 15.3. The van der Waals surface area contributed by atoms with Gasteiger partial charge in [0.25, 0.3) is 0 Å². The Morgan fingerprint density at radius 3 is 2.67 bits per heavy atom. The molecule has 1 saturated heterocycles. The normalized spacial score (nSPS) is 16.8. The summed E-state index contributed by atoms with van der Waals surface area (Å²) in [7, 11) is 1.76. The summed E-state index contributed by atoms with van der Waals surface area (Å²) in [5.41, 5.74) is 1.23. The molecule has 0 amide bonds. The number of piperidine rings is 1. The lowest BCUT2D eigenvalue weighted by molar-refractivity contribution is 0.174. The molecule has 3 nitrogen and oxygen atoms in total. The van der Waals surface area contributed by atoms with Crippen molar-refractivity contribution in [1.82, 2.24) is 9.47 Å². The highest BCUT2D eigenvalue weighted by Gasteiger charge is 2.18. The van der Waals surface area contributed by atoms with Gasteiger partial charge in [-0.2, -0.15) is 0 Å². The van der Waals surface area contributed by atoms with Crippen molar-refractivity contribution in [2.75, 3.05) is 26.7 Å². The minimum absolute atomic E-state index is 0.981. The molecule has 1 aliphatic rings. The first kappa shape index (κ1) is 17.3. The second kappa shape index (κ2) is 8.57. The fourth-order valence-electron chi connectivity index (χ4n) is 4.03. The summed E-state index contributed by atoms with van der Waals surface area (Å²) in [5.74, 6) is 1.97. The van der Waals surface area contributed by atoms with Crippen molar-refractivity contribution in [2.24, 2.45) is 5.92 Å². The standard InChI is InChI=1S/C21H32N2O/c1-3-4-7-18-10-15-22(16-11-18)13-6-14-23-17-12-19-8-5-9-20(24-2)21(19)23/h5,8-9,12,17-18H,3-4,6-7,10-11,13-16H2,1-2H3. The molecule has 0 spiro atoms. The first-order valence-electron chi connectivity index (χ1n) is 9.66. The summed E-state index contributed by atoms with van der Waals surface area (Å²) in [6.07, 6.45) is 10.4. The summed E-state index contributed by atoms with van der Waals surface area (Å²) >= 11 is 0. The number of aryl methyl sites for hydroxylation is 1. The van der Waals surface area contributed by atoms with Gasteiger partial charge in [-0.25, -0.2) is 0 Å². The maximum atomic E-state index is 5.54. The van der Waals surface area contributed by atoms with E-state index in [1.54, 1.807) is 7.11 Å². The van der Waals surface area contributed by atoms with Gasteiger partial charge in [0.15, 0.2) is 0 Å². The molecule has 1 aromatic heterocycles. The van der Waals surface area contributed by atoms with Gasteiger partial charge >= 0.3 is 0 Å². The molecule has 0 aliphatic carbocycles. The highest BCUT2D eigenvalue weighted by Crippen LogP contribution is 2.27. The van der Waals surface area contributed by atoms with Crippen molar-refractivity contribution in [2.45, 2.75) is 52.0 Å². The van der Waals surface area contributed by atoms with Gasteiger partial charge in [-0.1, -0.05) is 38.3 Å². The Balaban J connectivity index is 1.48. The number of rotatable bonds is 8. The second-order valence-electron chi connectivity index (χ2n) is 7.19. The maximum absolute atomic E-state index is 5.54. The molecule has 3 rings (SSSR count). The van der Waals surface area contributed by atoms with E-state index in [2.05, 4.69) is 46.9 Å². The summed E-state index contributed by atoms with van der Waals surface area (Å²) in [5, 5.41) is 1.27. The van der Waals surface area contributed by atoms with Crippen LogP contribution in [0, 0.1) is 5.92 Å². The molecular formula is C21H32N2O. The van der Waals surface area contributed by atoms with Gasteiger partial charge in [0.1, 0.15) is 5.75 Å². The van der Waals surface area contributed by atoms with E-state index in [0.717, 1.165) is 18.2 Å². The van der Waals surface area contributed by atoms with Crippen LogP contribution >= 0.6 is 0 Å². The first-order chi connectivity index (χ1) is 11.8. The van der Waals surface area contributed by atoms with Crippen molar-refractivity contribution in [3.05, 3.63) is 30.5 Å². The van der Waals surface area contributed by atoms with E-state index >= 15 is 0 Å². The molecule has 0 N–H and O–H groups in total. The van der Waals surface area contributed by atoms with Crippen LogP contribution in [0.2, 0.25) is 0 Å². The van der Waals surface area contributed by atoms with E-state index in [1.807, 2.05) is 0 Å². The number of fused-ring (bicyclic) bond motifs is 1. The second-order valence-corrected chi connectivity index (χ2v) is 7.19. The lowest BCUT2D eigenvalue weighted by Crippen LogP contribution is -2.34. The Morgan fingerprint density at radius 1 is 1.08 bits per heavy atom. The number of aromatic nitrogens is 1. The van der Waals surface area contributed by atoms with Crippen molar-refractivity contribution >= 4 is 10.9 Å². The van der Waals surface area contributed by atoms with E-state index in [4.69, 9.17) is 4.74 Å². The maximum Gasteiger partial charge on any atom is 0.143 e. The van der Waals surface area contributed by atoms with E-state index in [1.165, 1.54) is 69.1 Å². The van der Waals surface area contributed by atoms with Gasteiger partial charge in [-0.05, 0) is 56.9 Å². The van der Waals surface area contributed by atoms with E-state index in [9.17, 15) is 0 Å². The van der Waals surface area contributed by atoms with Crippen molar-refractivity contribution in [1.29, 1.82) is 0 Å². The summed E-state index contributed by atoms with van der Waals surface area (Å²) in [4.78, 5) is 2.66. The van der Waals surface area contributed by atoms with Crippen molar-refractivity contribution in [3.8, 4) is 5.75 Å². The molecule has 1 aromatic carbocycles. The smallest absolute Gasteiger partial charge is 0.143 e. The molecule has 0 unspecified atom stereocenters. The lowest BCUT2D eigenvalue weighted by Gasteiger charge is -2.32. The predicted molar refractivity (Wildman–Crippen MR) is 102 cm³/mol. The van der Waals surface area contributed by atoms with Crippen LogP contribution in [-0.4, -0.2) is 36.2 Å². The Hall–Kier alpha value is -1.48. The van der Waals surface area contributed by atoms with Crippen LogP contribution in [0.3, 0.4) is 0 Å².